The molecule has 6 heteroatoms. The fourth-order valence-corrected chi connectivity index (χ4v) is 4.65. The van der Waals surface area contributed by atoms with E-state index in [0.717, 1.165) is 0 Å². The summed E-state index contributed by atoms with van der Waals surface area (Å²) >= 11 is 0. The molecule has 0 radical (unpaired) electrons. The highest BCUT2D eigenvalue weighted by Crippen LogP contribution is 2.31. The van der Waals surface area contributed by atoms with Crippen LogP contribution in [0.1, 0.15) is 26.2 Å². The van der Waals surface area contributed by atoms with Gasteiger partial charge in [-0.05, 0) is 19.8 Å². The van der Waals surface area contributed by atoms with Crippen molar-refractivity contribution in [3.63, 3.8) is 0 Å². The van der Waals surface area contributed by atoms with Crippen LogP contribution in [0.25, 0.3) is 0 Å². The van der Waals surface area contributed by atoms with Crippen molar-refractivity contribution < 1.29 is 19.4 Å². The molecule has 0 heterocycles. The standard InChI is InChI=1S/C11H20FNO3Si/c1-9(12)5-8-17(2,3)11(16,10(14)15)6-4-7-13/h9,16H,4-6,8H2,1-3H3,(H,14,15). The van der Waals surface area contributed by atoms with Crippen LogP contribution in [0.5, 0.6) is 0 Å². The molecule has 0 saturated heterocycles. The van der Waals surface area contributed by atoms with E-state index in [9.17, 15) is 14.3 Å². The lowest BCUT2D eigenvalue weighted by molar-refractivity contribution is -0.151. The number of hydrogen-bond donors (Lipinski definition) is 2. The van der Waals surface area contributed by atoms with Crippen molar-refractivity contribution in [2.75, 3.05) is 0 Å². The topological polar surface area (TPSA) is 81.3 Å². The lowest BCUT2D eigenvalue weighted by Gasteiger charge is -2.37. The van der Waals surface area contributed by atoms with E-state index in [-0.39, 0.29) is 19.3 Å². The maximum Gasteiger partial charge on any atom is 0.332 e. The van der Waals surface area contributed by atoms with Crippen LogP contribution in [0.2, 0.25) is 19.1 Å². The summed E-state index contributed by atoms with van der Waals surface area (Å²) < 4.78 is 12.8. The minimum atomic E-state index is -2.56. The molecule has 0 bridgehead atoms. The third-order valence-corrected chi connectivity index (χ3v) is 7.48. The number of nitriles is 1. The van der Waals surface area contributed by atoms with E-state index >= 15 is 0 Å². The summed E-state index contributed by atoms with van der Waals surface area (Å²) in [6, 6.07) is 2.23. The molecule has 0 aromatic rings. The van der Waals surface area contributed by atoms with Gasteiger partial charge < -0.3 is 10.2 Å². The van der Waals surface area contributed by atoms with Gasteiger partial charge in [0.25, 0.3) is 0 Å². The van der Waals surface area contributed by atoms with Gasteiger partial charge in [-0.25, -0.2) is 9.18 Å². The molecule has 0 aliphatic rings. The van der Waals surface area contributed by atoms with Crippen molar-refractivity contribution in [1.29, 1.82) is 5.26 Å². The number of aliphatic carboxylic acids is 1. The molecule has 2 N–H and O–H groups in total. The average Bonchev–Trinajstić information content (AvgIpc) is 2.22. The van der Waals surface area contributed by atoms with Gasteiger partial charge in [-0.3, -0.25) is 0 Å². The molecule has 0 fully saturated rings. The zero-order chi connectivity index (χ0) is 13.7. The Labute approximate surface area is 102 Å². The summed E-state index contributed by atoms with van der Waals surface area (Å²) in [7, 11) is -2.56. The molecule has 0 rings (SSSR count). The highest BCUT2D eigenvalue weighted by molar-refractivity contribution is 6.83. The molecule has 0 aromatic carbocycles. The first kappa shape index (κ1) is 16.1. The fraction of sp³-hybridized carbons (Fsp3) is 0.818. The summed E-state index contributed by atoms with van der Waals surface area (Å²) in [5, 5.41) is 26.0. The number of nitrogens with zero attached hydrogens (tertiary/aromatic N) is 1. The first-order chi connectivity index (χ1) is 7.67. The molecule has 4 nitrogen and oxygen atoms in total. The van der Waals surface area contributed by atoms with E-state index < -0.39 is 25.4 Å². The van der Waals surface area contributed by atoms with Gasteiger partial charge in [0.05, 0.1) is 20.3 Å². The van der Waals surface area contributed by atoms with Crippen LogP contribution >= 0.6 is 0 Å². The van der Waals surface area contributed by atoms with Gasteiger partial charge >= 0.3 is 5.97 Å². The number of carboxylic acids is 1. The normalized spacial score (nSPS) is 16.9. The van der Waals surface area contributed by atoms with Gasteiger partial charge in [0.1, 0.15) is 5.22 Å². The number of aliphatic hydroxyl groups is 1. The summed E-state index contributed by atoms with van der Waals surface area (Å²) in [5.74, 6) is -1.30. The average molecular weight is 261 g/mol. The lowest BCUT2D eigenvalue weighted by atomic mass is 10.2. The molecular formula is C11H20FNO3Si. The van der Waals surface area contributed by atoms with Crippen LogP contribution in [-0.2, 0) is 4.79 Å². The number of carbonyl (C=O) groups is 1. The Morgan fingerprint density at radius 2 is 2.12 bits per heavy atom. The van der Waals surface area contributed by atoms with Crippen LogP contribution in [-0.4, -0.2) is 35.7 Å². The second-order valence-electron chi connectivity index (χ2n) is 5.03. The molecule has 0 aliphatic heterocycles. The smallest absolute Gasteiger partial charge is 0.332 e. The van der Waals surface area contributed by atoms with E-state index in [1.54, 1.807) is 13.1 Å². The molecule has 2 atom stereocenters. The summed E-state index contributed by atoms with van der Waals surface area (Å²) in [6.45, 7) is 4.86. The van der Waals surface area contributed by atoms with Crippen LogP contribution < -0.4 is 0 Å². The molecule has 2 unspecified atom stereocenters. The van der Waals surface area contributed by atoms with Gasteiger partial charge in [0, 0.05) is 6.42 Å². The monoisotopic (exact) mass is 261 g/mol. The van der Waals surface area contributed by atoms with E-state index in [2.05, 4.69) is 0 Å². The van der Waals surface area contributed by atoms with Crippen molar-refractivity contribution in [2.24, 2.45) is 0 Å². The van der Waals surface area contributed by atoms with E-state index in [1.807, 2.05) is 6.07 Å². The predicted molar refractivity (Wildman–Crippen MR) is 64.9 cm³/mol. The van der Waals surface area contributed by atoms with Crippen LogP contribution in [0.4, 0.5) is 4.39 Å². The summed E-state index contributed by atoms with van der Waals surface area (Å²) in [4.78, 5) is 11.2. The quantitative estimate of drug-likeness (QED) is 0.688. The molecule has 0 aliphatic carbocycles. The Hall–Kier alpha value is -0.933. The van der Waals surface area contributed by atoms with Crippen LogP contribution in [0, 0.1) is 11.3 Å². The first-order valence-corrected chi connectivity index (χ1v) is 8.85. The van der Waals surface area contributed by atoms with Crippen molar-refractivity contribution in [2.45, 2.75) is 56.7 Å². The van der Waals surface area contributed by atoms with E-state index in [1.165, 1.54) is 6.92 Å². The molecule has 0 aromatic heterocycles. The second kappa shape index (κ2) is 6.12. The van der Waals surface area contributed by atoms with Gasteiger partial charge in [-0.1, -0.05) is 19.1 Å². The van der Waals surface area contributed by atoms with Crippen LogP contribution in [0.3, 0.4) is 0 Å². The van der Waals surface area contributed by atoms with Gasteiger partial charge in [-0.2, -0.15) is 5.26 Å². The molecule has 98 valence electrons. The largest absolute Gasteiger partial charge is 0.479 e. The minimum absolute atomic E-state index is 0.00952. The SMILES string of the molecule is CC(F)CC[Si](C)(C)C(O)(CCC#N)C(=O)O. The Kier molecular flexibility index (Phi) is 5.79. The van der Waals surface area contributed by atoms with Crippen molar-refractivity contribution in [3.05, 3.63) is 0 Å². The predicted octanol–water partition coefficient (Wildman–Crippen LogP) is 2.10. The maximum atomic E-state index is 12.8. The fourth-order valence-electron chi connectivity index (χ4n) is 1.74. The van der Waals surface area contributed by atoms with E-state index in [0.29, 0.717) is 6.04 Å². The molecule has 0 spiro atoms. The zero-order valence-electron chi connectivity index (χ0n) is 10.5. The first-order valence-electron chi connectivity index (χ1n) is 5.64. The second-order valence-corrected chi connectivity index (χ2v) is 10.1. The number of rotatable bonds is 7. The number of hydrogen-bond acceptors (Lipinski definition) is 3. The third-order valence-electron chi connectivity index (χ3n) is 3.24. The molecule has 0 amide bonds. The number of alkyl halides is 1. The molecular weight excluding hydrogens is 241 g/mol. The number of carboxylic acid groups (broad SMARTS) is 1. The van der Waals surface area contributed by atoms with Gasteiger partial charge in [0.2, 0.25) is 0 Å². The van der Waals surface area contributed by atoms with Crippen molar-refractivity contribution in [3.8, 4) is 6.07 Å². The van der Waals surface area contributed by atoms with Crippen molar-refractivity contribution >= 4 is 14.0 Å². The Morgan fingerprint density at radius 1 is 1.59 bits per heavy atom. The Morgan fingerprint density at radius 3 is 2.47 bits per heavy atom. The zero-order valence-corrected chi connectivity index (χ0v) is 11.5. The molecule has 0 saturated carbocycles. The van der Waals surface area contributed by atoms with Gasteiger partial charge in [0.15, 0.2) is 0 Å². The highest BCUT2D eigenvalue weighted by Gasteiger charge is 2.50. The molecule has 17 heavy (non-hydrogen) atoms. The minimum Gasteiger partial charge on any atom is -0.479 e. The maximum absolute atomic E-state index is 12.8. The van der Waals surface area contributed by atoms with Gasteiger partial charge in [-0.15, -0.1) is 0 Å². The summed E-state index contributed by atoms with van der Waals surface area (Å²) in [5.41, 5.74) is 0. The van der Waals surface area contributed by atoms with E-state index in [4.69, 9.17) is 10.4 Å². The Bertz CT molecular complexity index is 314. The number of halogens is 1. The summed E-state index contributed by atoms with van der Waals surface area (Å²) in [6.07, 6.45) is -0.847. The van der Waals surface area contributed by atoms with Crippen LogP contribution in [0.15, 0.2) is 0 Å². The highest BCUT2D eigenvalue weighted by atomic mass is 28.3. The third kappa shape index (κ3) is 4.09. The Balaban J connectivity index is 4.90. The van der Waals surface area contributed by atoms with Crippen molar-refractivity contribution in [1.82, 2.24) is 0 Å². The lowest BCUT2D eigenvalue weighted by Crippen LogP contribution is -2.59.